The van der Waals surface area contributed by atoms with Crippen molar-refractivity contribution >= 4 is 34.0 Å². The molecule has 0 aromatic heterocycles. The van der Waals surface area contributed by atoms with E-state index in [9.17, 15) is 13.4 Å². The van der Waals surface area contributed by atoms with Gasteiger partial charge in [-0.05, 0) is 24.3 Å². The number of carbonyl (C=O) groups is 1. The summed E-state index contributed by atoms with van der Waals surface area (Å²) in [7, 11) is -1.36. The van der Waals surface area contributed by atoms with Gasteiger partial charge in [-0.25, -0.2) is 4.39 Å². The Kier molecular flexibility index (Phi) is 6.10. The summed E-state index contributed by atoms with van der Waals surface area (Å²) in [6.45, 7) is 0. The van der Waals surface area contributed by atoms with E-state index >= 15 is 0 Å². The molecule has 0 spiro atoms. The van der Waals surface area contributed by atoms with Gasteiger partial charge in [0.2, 0.25) is 5.91 Å². The van der Waals surface area contributed by atoms with Crippen molar-refractivity contribution in [1.82, 2.24) is 0 Å². The van der Waals surface area contributed by atoms with Gasteiger partial charge in [-0.15, -0.1) is 0 Å². The molecule has 3 nitrogen and oxygen atoms in total. The molecule has 0 aliphatic rings. The minimum absolute atomic E-state index is 0.00409. The molecule has 0 fully saturated rings. The minimum Gasteiger partial charge on any atom is -0.326 e. The van der Waals surface area contributed by atoms with E-state index in [4.69, 9.17) is 11.6 Å². The molecule has 0 saturated carbocycles. The van der Waals surface area contributed by atoms with E-state index in [1.807, 2.05) is 18.2 Å². The fourth-order valence-corrected chi connectivity index (χ4v) is 3.34. The third-order valence-corrected chi connectivity index (χ3v) is 4.61. The molecule has 22 heavy (non-hydrogen) atoms. The lowest BCUT2D eigenvalue weighted by atomic mass is 10.2. The average Bonchev–Trinajstić information content (AvgIpc) is 2.50. The molecule has 2 aromatic rings. The van der Waals surface area contributed by atoms with Gasteiger partial charge in [0.1, 0.15) is 5.82 Å². The Balaban J connectivity index is 1.84. The van der Waals surface area contributed by atoms with Crippen molar-refractivity contribution in [2.45, 2.75) is 12.2 Å². The topological polar surface area (TPSA) is 46.2 Å². The molecular weight excluding hydrogens is 325 g/mol. The number of hydrogen-bond acceptors (Lipinski definition) is 2. The predicted molar refractivity (Wildman–Crippen MR) is 87.8 cm³/mol. The molecule has 0 saturated heterocycles. The van der Waals surface area contributed by atoms with Crippen LogP contribution in [0.5, 0.6) is 0 Å². The third-order valence-electron chi connectivity index (χ3n) is 2.98. The van der Waals surface area contributed by atoms with Gasteiger partial charge >= 0.3 is 0 Å². The first-order valence-corrected chi connectivity index (χ1v) is 8.55. The average molecular weight is 340 g/mol. The van der Waals surface area contributed by atoms with Gasteiger partial charge in [0.15, 0.2) is 0 Å². The number of benzene rings is 2. The summed E-state index contributed by atoms with van der Waals surface area (Å²) in [4.78, 5) is 11.8. The quantitative estimate of drug-likeness (QED) is 0.871. The van der Waals surface area contributed by atoms with Gasteiger partial charge in [0.25, 0.3) is 0 Å². The van der Waals surface area contributed by atoms with Crippen LogP contribution >= 0.6 is 11.6 Å². The minimum atomic E-state index is -1.36. The molecule has 2 rings (SSSR count). The zero-order valence-corrected chi connectivity index (χ0v) is 13.3. The molecule has 0 radical (unpaired) electrons. The lowest BCUT2D eigenvalue weighted by molar-refractivity contribution is -0.115. The van der Waals surface area contributed by atoms with Crippen molar-refractivity contribution in [2.24, 2.45) is 0 Å². The molecule has 6 heteroatoms. The monoisotopic (exact) mass is 339 g/mol. The maximum Gasteiger partial charge on any atom is 0.225 e. The van der Waals surface area contributed by atoms with Crippen LogP contribution in [0.15, 0.2) is 48.5 Å². The highest BCUT2D eigenvalue weighted by Gasteiger charge is 2.12. The largest absolute Gasteiger partial charge is 0.326 e. The second-order valence-electron chi connectivity index (χ2n) is 4.65. The van der Waals surface area contributed by atoms with E-state index in [1.54, 1.807) is 18.2 Å². The molecule has 1 amide bonds. The van der Waals surface area contributed by atoms with Crippen LogP contribution in [0.4, 0.5) is 10.1 Å². The second kappa shape index (κ2) is 8.06. The van der Waals surface area contributed by atoms with Gasteiger partial charge in [-0.3, -0.25) is 9.00 Å². The summed E-state index contributed by atoms with van der Waals surface area (Å²) in [5, 5.41) is 2.96. The van der Waals surface area contributed by atoms with E-state index in [1.165, 1.54) is 12.1 Å². The highest BCUT2D eigenvalue weighted by Crippen LogP contribution is 2.20. The van der Waals surface area contributed by atoms with Crippen molar-refractivity contribution < 1.29 is 13.4 Å². The number of para-hydroxylation sites is 1. The van der Waals surface area contributed by atoms with Crippen molar-refractivity contribution in [3.05, 3.63) is 64.9 Å². The van der Waals surface area contributed by atoms with Gasteiger partial charge in [-0.2, -0.15) is 0 Å². The van der Waals surface area contributed by atoms with E-state index < -0.39 is 16.6 Å². The Hall–Kier alpha value is -1.72. The lowest BCUT2D eigenvalue weighted by Crippen LogP contribution is -2.15. The molecule has 1 atom stereocenters. The van der Waals surface area contributed by atoms with Crippen molar-refractivity contribution in [3.63, 3.8) is 0 Å². The van der Waals surface area contributed by atoms with Gasteiger partial charge in [-0.1, -0.05) is 35.9 Å². The molecular formula is C16H15ClFNO2S. The van der Waals surface area contributed by atoms with Crippen LogP contribution in [-0.4, -0.2) is 15.9 Å². The van der Waals surface area contributed by atoms with E-state index in [0.29, 0.717) is 5.69 Å². The van der Waals surface area contributed by atoms with Crippen LogP contribution in [0.2, 0.25) is 5.02 Å². The highest BCUT2D eigenvalue weighted by molar-refractivity contribution is 7.84. The Bertz CT molecular complexity index is 659. The maximum absolute atomic E-state index is 13.6. The SMILES string of the molecule is O=C(CC[S@](=O)Cc1c(F)cccc1Cl)Nc1ccccc1. The maximum atomic E-state index is 13.6. The van der Waals surface area contributed by atoms with Crippen LogP contribution in [-0.2, 0) is 21.3 Å². The molecule has 0 aliphatic carbocycles. The van der Waals surface area contributed by atoms with Crippen LogP contribution in [0.1, 0.15) is 12.0 Å². The van der Waals surface area contributed by atoms with Crippen LogP contribution < -0.4 is 5.32 Å². The summed E-state index contributed by atoms with van der Waals surface area (Å²) >= 11 is 5.89. The fourth-order valence-electron chi connectivity index (χ4n) is 1.85. The molecule has 0 unspecified atom stereocenters. The second-order valence-corrected chi connectivity index (χ2v) is 6.64. The van der Waals surface area contributed by atoms with Crippen molar-refractivity contribution in [2.75, 3.05) is 11.1 Å². The standard InChI is InChI=1S/C16H15ClFNO2S/c17-14-7-4-8-15(18)13(14)11-22(21)10-9-16(20)19-12-5-2-1-3-6-12/h1-8H,9-11H2,(H,19,20)/t22-/m0/s1. The lowest BCUT2D eigenvalue weighted by Gasteiger charge is -2.07. The number of rotatable bonds is 6. The van der Waals surface area contributed by atoms with Crippen molar-refractivity contribution in [1.29, 1.82) is 0 Å². The van der Waals surface area contributed by atoms with E-state index in [-0.39, 0.29) is 34.4 Å². The highest BCUT2D eigenvalue weighted by atomic mass is 35.5. The Morgan fingerprint density at radius 1 is 1.14 bits per heavy atom. The number of carbonyl (C=O) groups excluding carboxylic acids is 1. The molecule has 1 N–H and O–H groups in total. The summed E-state index contributed by atoms with van der Waals surface area (Å²) in [6, 6.07) is 13.4. The first-order chi connectivity index (χ1) is 10.6. The first kappa shape index (κ1) is 16.6. The summed E-state index contributed by atoms with van der Waals surface area (Å²) < 4.78 is 25.6. The normalized spacial score (nSPS) is 11.9. The third kappa shape index (κ3) is 4.93. The van der Waals surface area contributed by atoms with E-state index in [0.717, 1.165) is 0 Å². The first-order valence-electron chi connectivity index (χ1n) is 6.69. The fraction of sp³-hybridized carbons (Fsp3) is 0.188. The summed E-state index contributed by atoms with van der Waals surface area (Å²) in [6.07, 6.45) is 0.105. The van der Waals surface area contributed by atoms with Crippen LogP contribution in [0.25, 0.3) is 0 Å². The summed E-state index contributed by atoms with van der Waals surface area (Å²) in [5.41, 5.74) is 0.918. The number of anilines is 1. The molecule has 116 valence electrons. The van der Waals surface area contributed by atoms with E-state index in [2.05, 4.69) is 5.32 Å². The zero-order valence-electron chi connectivity index (χ0n) is 11.7. The number of amides is 1. The van der Waals surface area contributed by atoms with Crippen molar-refractivity contribution in [3.8, 4) is 0 Å². The molecule has 2 aromatic carbocycles. The number of hydrogen-bond donors (Lipinski definition) is 1. The Labute approximate surface area is 136 Å². The molecule has 0 aliphatic heterocycles. The zero-order chi connectivity index (χ0) is 15.9. The Morgan fingerprint density at radius 2 is 1.86 bits per heavy atom. The smallest absolute Gasteiger partial charge is 0.225 e. The number of nitrogens with one attached hydrogen (secondary N) is 1. The summed E-state index contributed by atoms with van der Waals surface area (Å²) in [5.74, 6) is -0.540. The van der Waals surface area contributed by atoms with Gasteiger partial charge in [0, 0.05) is 39.2 Å². The van der Waals surface area contributed by atoms with Gasteiger partial charge < -0.3 is 5.32 Å². The predicted octanol–water partition coefficient (Wildman–Crippen LogP) is 3.76. The number of halogens is 2. The van der Waals surface area contributed by atoms with Crippen LogP contribution in [0, 0.1) is 5.82 Å². The molecule has 0 heterocycles. The van der Waals surface area contributed by atoms with Gasteiger partial charge in [0.05, 0.1) is 5.75 Å². The Morgan fingerprint density at radius 3 is 2.55 bits per heavy atom. The molecule has 0 bridgehead atoms. The van der Waals surface area contributed by atoms with Crippen LogP contribution in [0.3, 0.4) is 0 Å².